The van der Waals surface area contributed by atoms with Crippen molar-refractivity contribution in [1.82, 2.24) is 4.57 Å². The minimum absolute atomic E-state index is 0.109. The van der Waals surface area contributed by atoms with Gasteiger partial charge in [-0.05, 0) is 62.4 Å². The van der Waals surface area contributed by atoms with E-state index in [9.17, 15) is 10.1 Å². The summed E-state index contributed by atoms with van der Waals surface area (Å²) < 4.78 is 7.99. The Morgan fingerprint density at radius 2 is 2.00 bits per heavy atom. The summed E-state index contributed by atoms with van der Waals surface area (Å²) in [5, 5.41) is 9.22. The van der Waals surface area contributed by atoms with E-state index >= 15 is 0 Å². The lowest BCUT2D eigenvalue weighted by Crippen LogP contribution is -2.12. The third-order valence-corrected chi connectivity index (χ3v) is 4.89. The Bertz CT molecular complexity index is 799. The normalized spacial score (nSPS) is 10.5. The molecule has 0 amide bonds. The van der Waals surface area contributed by atoms with Crippen molar-refractivity contribution < 1.29 is 9.53 Å². The Labute approximate surface area is 157 Å². The number of nitriles is 1. The predicted octanol–water partition coefficient (Wildman–Crippen LogP) is 4.59. The molecule has 0 unspecified atom stereocenters. The van der Waals surface area contributed by atoms with E-state index in [1.165, 1.54) is 18.9 Å². The number of ether oxygens (including phenoxy) is 1. The second-order valence-corrected chi connectivity index (χ2v) is 7.00. The quantitative estimate of drug-likeness (QED) is 0.670. The molecule has 126 valence electrons. The summed E-state index contributed by atoms with van der Waals surface area (Å²) in [5.41, 5.74) is 8.30. The molecule has 0 bridgehead atoms. The smallest absolute Gasteiger partial charge is 0.357 e. The van der Waals surface area contributed by atoms with Crippen molar-refractivity contribution in [2.24, 2.45) is 0 Å². The van der Waals surface area contributed by atoms with E-state index in [0.29, 0.717) is 5.69 Å². The number of carbonyl (C=O) groups is 1. The van der Waals surface area contributed by atoms with Crippen molar-refractivity contribution in [2.45, 2.75) is 26.2 Å². The molecular weight excluding hydrogens is 438 g/mol. The summed E-state index contributed by atoms with van der Waals surface area (Å²) in [7, 11) is 1.28. The molecule has 2 rings (SSSR count). The van der Waals surface area contributed by atoms with Crippen LogP contribution in [0.2, 0.25) is 0 Å². The monoisotopic (exact) mass is 453 g/mol. The lowest BCUT2D eigenvalue weighted by atomic mass is 10.1. The second-order valence-electron chi connectivity index (χ2n) is 5.29. The maximum atomic E-state index is 12.1. The Kier molecular flexibility index (Phi) is 6.08. The van der Waals surface area contributed by atoms with Gasteiger partial charge in [0, 0.05) is 15.1 Å². The highest BCUT2D eigenvalue weighted by Crippen LogP contribution is 2.35. The van der Waals surface area contributed by atoms with Gasteiger partial charge in [-0.1, -0.05) is 13.3 Å². The van der Waals surface area contributed by atoms with Gasteiger partial charge in [-0.25, -0.2) is 4.79 Å². The number of nitrogen functional groups attached to an aromatic ring is 1. The third-order valence-electron chi connectivity index (χ3n) is 3.68. The molecular formula is C17H17Br2N3O2. The first-order valence-corrected chi connectivity index (χ1v) is 9.00. The lowest BCUT2D eigenvalue weighted by molar-refractivity contribution is 0.0593. The highest BCUT2D eigenvalue weighted by molar-refractivity contribution is 9.11. The van der Waals surface area contributed by atoms with Gasteiger partial charge in [0.1, 0.15) is 6.07 Å². The Hall–Kier alpha value is -1.78. The molecule has 1 aromatic carbocycles. The van der Waals surface area contributed by atoms with E-state index < -0.39 is 5.97 Å². The van der Waals surface area contributed by atoms with E-state index in [2.05, 4.69) is 38.8 Å². The topological polar surface area (TPSA) is 81.0 Å². The number of nitrogens with two attached hydrogens (primary N) is 1. The van der Waals surface area contributed by atoms with Gasteiger partial charge < -0.3 is 15.0 Å². The van der Waals surface area contributed by atoms with Crippen LogP contribution >= 0.6 is 31.9 Å². The number of methoxy groups -OCH3 is 1. The Morgan fingerprint density at radius 1 is 1.38 bits per heavy atom. The van der Waals surface area contributed by atoms with Crippen molar-refractivity contribution in [3.05, 3.63) is 44.1 Å². The fourth-order valence-corrected chi connectivity index (χ4v) is 4.13. The number of esters is 1. The molecule has 1 heterocycles. The number of hydrogen-bond donors (Lipinski definition) is 1. The van der Waals surface area contributed by atoms with Gasteiger partial charge >= 0.3 is 5.97 Å². The molecule has 5 nitrogen and oxygen atoms in total. The largest absolute Gasteiger partial charge is 0.464 e. The first-order chi connectivity index (χ1) is 11.4. The second kappa shape index (κ2) is 7.86. The van der Waals surface area contributed by atoms with E-state index in [1.54, 1.807) is 4.57 Å². The van der Waals surface area contributed by atoms with Gasteiger partial charge in [0.15, 0.2) is 5.69 Å². The summed E-state index contributed by atoms with van der Waals surface area (Å²) in [6.07, 6.45) is 4.72. The standard InChI is InChI=1S/C17H17Br2N3O2/c1-3-4-5-10-6-12(18)15(13(19)7-10)22-9-11(8-20)14(21)16(22)17(23)24-2/h6-7,9H,3-5,21H2,1-2H3. The molecule has 0 radical (unpaired) electrons. The zero-order valence-electron chi connectivity index (χ0n) is 13.4. The zero-order valence-corrected chi connectivity index (χ0v) is 16.6. The van der Waals surface area contributed by atoms with Crippen LogP contribution in [-0.2, 0) is 11.2 Å². The zero-order chi connectivity index (χ0) is 17.9. The molecule has 1 aromatic heterocycles. The summed E-state index contributed by atoms with van der Waals surface area (Å²) in [5.74, 6) is -0.595. The van der Waals surface area contributed by atoms with Crippen LogP contribution < -0.4 is 5.73 Å². The van der Waals surface area contributed by atoms with Gasteiger partial charge in [-0.2, -0.15) is 5.26 Å². The van der Waals surface area contributed by atoms with Crippen molar-refractivity contribution in [3.8, 4) is 11.8 Å². The summed E-state index contributed by atoms with van der Waals surface area (Å²) in [6.45, 7) is 2.15. The summed E-state index contributed by atoms with van der Waals surface area (Å²) in [6, 6.07) is 6.02. The molecule has 0 aliphatic carbocycles. The minimum atomic E-state index is -0.595. The van der Waals surface area contributed by atoms with Gasteiger partial charge in [0.05, 0.1) is 24.0 Å². The minimum Gasteiger partial charge on any atom is -0.464 e. The van der Waals surface area contributed by atoms with Gasteiger partial charge in [-0.15, -0.1) is 0 Å². The molecule has 0 spiro atoms. The van der Waals surface area contributed by atoms with Crippen LogP contribution in [0, 0.1) is 11.3 Å². The third kappa shape index (κ3) is 3.50. The fourth-order valence-electron chi connectivity index (χ4n) is 2.46. The van der Waals surface area contributed by atoms with Gasteiger partial charge in [0.2, 0.25) is 0 Å². The van der Waals surface area contributed by atoms with Gasteiger partial charge in [-0.3, -0.25) is 0 Å². The van der Waals surface area contributed by atoms with Crippen LogP contribution in [0.15, 0.2) is 27.3 Å². The maximum absolute atomic E-state index is 12.1. The van der Waals surface area contributed by atoms with Crippen LogP contribution in [0.5, 0.6) is 0 Å². The van der Waals surface area contributed by atoms with Gasteiger partial charge in [0.25, 0.3) is 0 Å². The average molecular weight is 455 g/mol. The SMILES string of the molecule is CCCCc1cc(Br)c(-n2cc(C#N)c(N)c2C(=O)OC)c(Br)c1. The van der Waals surface area contributed by atoms with E-state index in [4.69, 9.17) is 10.5 Å². The summed E-state index contributed by atoms with van der Waals surface area (Å²) in [4.78, 5) is 12.1. The number of unbranched alkanes of at least 4 members (excludes halogenated alkanes) is 1. The van der Waals surface area contributed by atoms with E-state index in [-0.39, 0.29) is 16.9 Å². The predicted molar refractivity (Wildman–Crippen MR) is 100 cm³/mol. The Morgan fingerprint density at radius 3 is 2.50 bits per heavy atom. The molecule has 0 atom stereocenters. The van der Waals surface area contributed by atoms with Crippen molar-refractivity contribution in [3.63, 3.8) is 0 Å². The molecule has 0 aliphatic rings. The number of hydrogen-bond acceptors (Lipinski definition) is 4. The van der Waals surface area contributed by atoms with Crippen LogP contribution in [0.25, 0.3) is 5.69 Å². The number of anilines is 1. The number of aryl methyl sites for hydroxylation is 1. The van der Waals surface area contributed by atoms with Crippen molar-refractivity contribution >= 4 is 43.5 Å². The number of carbonyl (C=O) groups excluding carboxylic acids is 1. The van der Waals surface area contributed by atoms with Crippen LogP contribution in [-0.4, -0.2) is 17.6 Å². The van der Waals surface area contributed by atoms with Crippen LogP contribution in [0.4, 0.5) is 5.69 Å². The molecule has 7 heteroatoms. The molecule has 2 N–H and O–H groups in total. The molecule has 2 aromatic rings. The molecule has 0 aliphatic heterocycles. The molecule has 0 saturated carbocycles. The highest BCUT2D eigenvalue weighted by Gasteiger charge is 2.24. The molecule has 0 saturated heterocycles. The molecule has 0 fully saturated rings. The van der Waals surface area contributed by atoms with Crippen molar-refractivity contribution in [2.75, 3.05) is 12.8 Å². The number of nitrogens with zero attached hydrogens (tertiary/aromatic N) is 2. The Balaban J connectivity index is 2.64. The first-order valence-electron chi connectivity index (χ1n) is 7.42. The summed E-state index contributed by atoms with van der Waals surface area (Å²) >= 11 is 7.12. The number of benzene rings is 1. The number of halogens is 2. The highest BCUT2D eigenvalue weighted by atomic mass is 79.9. The van der Waals surface area contributed by atoms with E-state index in [0.717, 1.165) is 28.2 Å². The first kappa shape index (κ1) is 18.6. The fraction of sp³-hybridized carbons (Fsp3) is 0.294. The van der Waals surface area contributed by atoms with Crippen LogP contribution in [0.1, 0.15) is 41.4 Å². The molecule has 24 heavy (non-hydrogen) atoms. The van der Waals surface area contributed by atoms with Crippen LogP contribution in [0.3, 0.4) is 0 Å². The average Bonchev–Trinajstić information content (AvgIpc) is 2.88. The number of aromatic nitrogens is 1. The lowest BCUT2D eigenvalue weighted by Gasteiger charge is -2.14. The number of rotatable bonds is 5. The van der Waals surface area contributed by atoms with E-state index in [1.807, 2.05) is 18.2 Å². The maximum Gasteiger partial charge on any atom is 0.357 e. The van der Waals surface area contributed by atoms with Crippen molar-refractivity contribution in [1.29, 1.82) is 5.26 Å².